The van der Waals surface area contributed by atoms with E-state index in [0.717, 1.165) is 36.6 Å². The molecule has 0 amide bonds. The molecular formula is C18H22N4O3. The Morgan fingerprint density at radius 3 is 2.84 bits per heavy atom. The molecule has 2 heterocycles. The van der Waals surface area contributed by atoms with Crippen LogP contribution in [0.15, 0.2) is 36.5 Å². The van der Waals surface area contributed by atoms with Crippen molar-refractivity contribution in [2.45, 2.75) is 12.3 Å². The molecule has 0 aliphatic carbocycles. The van der Waals surface area contributed by atoms with E-state index in [0.29, 0.717) is 0 Å². The first-order valence-electron chi connectivity index (χ1n) is 8.26. The fourth-order valence-electron chi connectivity index (χ4n) is 3.32. The third kappa shape index (κ3) is 4.45. The lowest BCUT2D eigenvalue weighted by Gasteiger charge is -2.12. The average Bonchev–Trinajstić information content (AvgIpc) is 3.25. The molecule has 0 spiro atoms. The summed E-state index contributed by atoms with van der Waals surface area (Å²) >= 11 is 0. The van der Waals surface area contributed by atoms with Crippen molar-refractivity contribution in [3.63, 3.8) is 0 Å². The van der Waals surface area contributed by atoms with Crippen molar-refractivity contribution >= 4 is 12.0 Å². The van der Waals surface area contributed by atoms with Crippen LogP contribution in [0.4, 0.5) is 0 Å². The second-order valence-electron chi connectivity index (χ2n) is 6.25. The van der Waals surface area contributed by atoms with Crippen molar-refractivity contribution < 1.29 is 14.6 Å². The first-order valence-corrected chi connectivity index (χ1v) is 8.26. The number of carboxylic acid groups (broad SMARTS) is 1. The van der Waals surface area contributed by atoms with Crippen molar-refractivity contribution in [2.24, 2.45) is 5.92 Å². The van der Waals surface area contributed by atoms with Crippen molar-refractivity contribution in [1.29, 1.82) is 0 Å². The summed E-state index contributed by atoms with van der Waals surface area (Å²) in [5.41, 5.74) is 1.95. The summed E-state index contributed by atoms with van der Waals surface area (Å²) in [6.07, 6.45) is 6.01. The Balaban J connectivity index is 1.60. The van der Waals surface area contributed by atoms with E-state index in [1.54, 1.807) is 13.3 Å². The highest BCUT2D eigenvalue weighted by atomic mass is 16.5. The van der Waals surface area contributed by atoms with E-state index < -0.39 is 5.97 Å². The Morgan fingerprint density at radius 2 is 2.20 bits per heavy atom. The van der Waals surface area contributed by atoms with Crippen molar-refractivity contribution in [3.05, 3.63) is 47.8 Å². The number of nitrogens with one attached hydrogen (secondary N) is 1. The maximum atomic E-state index is 11.1. The molecule has 0 bridgehead atoms. The topological polar surface area (TPSA) is 91.3 Å². The highest BCUT2D eigenvalue weighted by molar-refractivity contribution is 5.67. The van der Waals surface area contributed by atoms with Gasteiger partial charge in [-0.25, -0.2) is 0 Å². The van der Waals surface area contributed by atoms with Crippen LogP contribution in [-0.2, 0) is 4.79 Å². The molecule has 1 fully saturated rings. The summed E-state index contributed by atoms with van der Waals surface area (Å²) in [5, 5.41) is 19.8. The zero-order valence-electron chi connectivity index (χ0n) is 14.1. The van der Waals surface area contributed by atoms with E-state index >= 15 is 0 Å². The van der Waals surface area contributed by atoms with Gasteiger partial charge in [0.05, 0.1) is 25.4 Å². The smallest absolute Gasteiger partial charge is 0.303 e. The Labute approximate surface area is 146 Å². The number of aromatic amines is 1. The molecule has 1 saturated heterocycles. The van der Waals surface area contributed by atoms with Gasteiger partial charge in [-0.2, -0.15) is 15.4 Å². The van der Waals surface area contributed by atoms with Crippen LogP contribution in [0.1, 0.15) is 23.6 Å². The highest BCUT2D eigenvalue weighted by Gasteiger charge is 2.35. The van der Waals surface area contributed by atoms with E-state index in [-0.39, 0.29) is 18.3 Å². The van der Waals surface area contributed by atoms with Crippen molar-refractivity contribution in [2.75, 3.05) is 26.7 Å². The Bertz CT molecular complexity index is 712. The van der Waals surface area contributed by atoms with Gasteiger partial charge in [0.25, 0.3) is 0 Å². The third-order valence-electron chi connectivity index (χ3n) is 4.56. The third-order valence-corrected chi connectivity index (χ3v) is 4.56. The molecule has 7 nitrogen and oxygen atoms in total. The summed E-state index contributed by atoms with van der Waals surface area (Å²) < 4.78 is 5.15. The molecule has 1 aliphatic rings. The molecule has 1 aliphatic heterocycles. The Kier molecular flexibility index (Phi) is 5.45. The molecule has 2 atom stereocenters. The number of aromatic nitrogens is 3. The lowest BCUT2D eigenvalue weighted by Crippen LogP contribution is -2.21. The number of likely N-dealkylation sites (tertiary alicyclic amines) is 1. The number of hydrogen-bond acceptors (Lipinski definition) is 5. The van der Waals surface area contributed by atoms with Gasteiger partial charge in [-0.1, -0.05) is 24.3 Å². The van der Waals surface area contributed by atoms with Crippen LogP contribution in [0.3, 0.4) is 0 Å². The molecule has 1 aromatic heterocycles. The lowest BCUT2D eigenvalue weighted by atomic mass is 9.91. The van der Waals surface area contributed by atoms with Gasteiger partial charge in [0.1, 0.15) is 5.75 Å². The molecule has 2 aromatic rings. The maximum absolute atomic E-state index is 11.1. The van der Waals surface area contributed by atoms with Crippen LogP contribution in [0.25, 0.3) is 6.08 Å². The van der Waals surface area contributed by atoms with E-state index in [4.69, 9.17) is 9.84 Å². The van der Waals surface area contributed by atoms with E-state index in [9.17, 15) is 4.79 Å². The number of nitrogens with zero attached hydrogens (tertiary/aromatic N) is 3. The predicted molar refractivity (Wildman–Crippen MR) is 93.3 cm³/mol. The van der Waals surface area contributed by atoms with Crippen LogP contribution in [0, 0.1) is 5.92 Å². The van der Waals surface area contributed by atoms with Crippen molar-refractivity contribution in [1.82, 2.24) is 20.3 Å². The van der Waals surface area contributed by atoms with E-state index in [1.807, 2.05) is 24.3 Å². The summed E-state index contributed by atoms with van der Waals surface area (Å²) in [7, 11) is 1.65. The van der Waals surface area contributed by atoms with Gasteiger partial charge in [0.15, 0.2) is 0 Å². The molecule has 0 unspecified atom stereocenters. The fourth-order valence-corrected chi connectivity index (χ4v) is 3.32. The van der Waals surface area contributed by atoms with Crippen LogP contribution < -0.4 is 4.74 Å². The molecule has 3 rings (SSSR count). The molecule has 132 valence electrons. The summed E-state index contributed by atoms with van der Waals surface area (Å²) in [6, 6.07) is 7.87. The van der Waals surface area contributed by atoms with E-state index in [2.05, 4.69) is 32.5 Å². The second kappa shape index (κ2) is 7.94. The largest absolute Gasteiger partial charge is 0.497 e. The molecular weight excluding hydrogens is 320 g/mol. The van der Waals surface area contributed by atoms with Crippen LogP contribution >= 0.6 is 0 Å². The number of benzene rings is 1. The normalized spacial score (nSPS) is 21.0. The van der Waals surface area contributed by atoms with E-state index in [1.165, 1.54) is 0 Å². The monoisotopic (exact) mass is 342 g/mol. The molecule has 7 heteroatoms. The Morgan fingerprint density at radius 1 is 1.40 bits per heavy atom. The fraction of sp³-hybridized carbons (Fsp3) is 0.389. The predicted octanol–water partition coefficient (Wildman–Crippen LogP) is 2.02. The average molecular weight is 342 g/mol. The molecule has 0 radical (unpaired) electrons. The van der Waals surface area contributed by atoms with Gasteiger partial charge in [-0.3, -0.25) is 9.69 Å². The number of ether oxygens (including phenoxy) is 1. The van der Waals surface area contributed by atoms with Gasteiger partial charge in [0, 0.05) is 25.6 Å². The van der Waals surface area contributed by atoms with Gasteiger partial charge < -0.3 is 9.84 Å². The minimum absolute atomic E-state index is 0.0528. The lowest BCUT2D eigenvalue weighted by molar-refractivity contribution is -0.138. The number of carbonyl (C=O) groups is 1. The number of rotatable bonds is 7. The van der Waals surface area contributed by atoms with Gasteiger partial charge in [-0.05, 0) is 23.6 Å². The van der Waals surface area contributed by atoms with Crippen LogP contribution in [0.5, 0.6) is 5.75 Å². The molecule has 2 N–H and O–H groups in total. The molecule has 25 heavy (non-hydrogen) atoms. The SMILES string of the molecule is COc1ccc(/C=C/CN2C[C@H](CC(=O)O)[C@H](c3cn[nH]n3)C2)cc1. The minimum Gasteiger partial charge on any atom is -0.497 e. The first kappa shape index (κ1) is 17.2. The standard InChI is InChI=1S/C18H22N4O3/c1-25-15-6-4-13(5-7-15)3-2-8-22-11-14(9-18(23)24)16(12-22)17-10-19-21-20-17/h2-7,10,14,16H,8-9,11-12H2,1H3,(H,23,24)(H,19,20,21)/b3-2+/t14-,16+/m0/s1. The molecule has 1 aromatic carbocycles. The Hall–Kier alpha value is -2.67. The number of H-pyrrole nitrogens is 1. The van der Waals surface area contributed by atoms with Crippen LogP contribution in [0.2, 0.25) is 0 Å². The highest BCUT2D eigenvalue weighted by Crippen LogP contribution is 2.33. The first-order chi connectivity index (χ1) is 12.2. The summed E-state index contributed by atoms with van der Waals surface area (Å²) in [5.74, 6) is 0.221. The summed E-state index contributed by atoms with van der Waals surface area (Å²) in [4.78, 5) is 13.4. The van der Waals surface area contributed by atoms with Gasteiger partial charge >= 0.3 is 5.97 Å². The van der Waals surface area contributed by atoms with Crippen LogP contribution in [-0.4, -0.2) is 58.1 Å². The number of aliphatic carboxylic acids is 1. The number of methoxy groups -OCH3 is 1. The quantitative estimate of drug-likeness (QED) is 0.800. The number of hydrogen-bond donors (Lipinski definition) is 2. The van der Waals surface area contributed by atoms with Gasteiger partial charge in [0.2, 0.25) is 0 Å². The second-order valence-corrected chi connectivity index (χ2v) is 6.25. The minimum atomic E-state index is -0.769. The van der Waals surface area contributed by atoms with Gasteiger partial charge in [-0.15, -0.1) is 0 Å². The van der Waals surface area contributed by atoms with Crippen molar-refractivity contribution in [3.8, 4) is 5.75 Å². The zero-order valence-corrected chi connectivity index (χ0v) is 14.1. The summed E-state index contributed by atoms with van der Waals surface area (Å²) in [6.45, 7) is 2.31. The maximum Gasteiger partial charge on any atom is 0.303 e. The zero-order chi connectivity index (χ0) is 17.6. The molecule has 0 saturated carbocycles. The number of carboxylic acids is 1.